The van der Waals surface area contributed by atoms with Crippen molar-refractivity contribution < 1.29 is 19.1 Å². The molecule has 1 aromatic heterocycles. The second kappa shape index (κ2) is 9.96. The number of aromatic nitrogens is 1. The number of thiocarbonyl (C=S) groups is 1. The maximum Gasteiger partial charge on any atom is 0.305 e. The maximum absolute atomic E-state index is 12.2. The third kappa shape index (κ3) is 5.59. The Morgan fingerprint density at radius 1 is 1.23 bits per heavy atom. The molecule has 1 aromatic rings. The van der Waals surface area contributed by atoms with Gasteiger partial charge in [0.2, 0.25) is 11.8 Å². The van der Waals surface area contributed by atoms with Gasteiger partial charge in [-0.05, 0) is 43.6 Å². The number of hydrogen-bond donors (Lipinski definition) is 0. The van der Waals surface area contributed by atoms with Crippen LogP contribution in [-0.4, -0.2) is 50.8 Å². The van der Waals surface area contributed by atoms with Crippen molar-refractivity contribution >= 4 is 35.1 Å². The van der Waals surface area contributed by atoms with Crippen LogP contribution in [0.15, 0.2) is 24.5 Å². The molecule has 0 N–H and O–H groups in total. The quantitative estimate of drug-likeness (QED) is 0.284. The summed E-state index contributed by atoms with van der Waals surface area (Å²) in [4.78, 5) is 42.6. The average molecular weight is 377 g/mol. The van der Waals surface area contributed by atoms with Gasteiger partial charge in [-0.1, -0.05) is 12.5 Å². The molecular weight excluding hydrogens is 354 g/mol. The van der Waals surface area contributed by atoms with Crippen LogP contribution in [0.3, 0.4) is 0 Å². The molecule has 8 heteroatoms. The van der Waals surface area contributed by atoms with Crippen molar-refractivity contribution in [3.63, 3.8) is 0 Å². The normalized spacial score (nSPS) is 14.7. The van der Waals surface area contributed by atoms with Crippen LogP contribution in [0.1, 0.15) is 44.6 Å². The smallest absolute Gasteiger partial charge is 0.305 e. The fourth-order valence-corrected chi connectivity index (χ4v) is 3.04. The molecule has 2 amide bonds. The number of carbonyl (C=O) groups excluding carboxylic acids is 3. The monoisotopic (exact) mass is 377 g/mol. The highest BCUT2D eigenvalue weighted by molar-refractivity contribution is 7.80. The Bertz CT molecular complexity index is 666. The van der Waals surface area contributed by atoms with Crippen molar-refractivity contribution in [2.24, 2.45) is 0 Å². The zero-order valence-electron chi connectivity index (χ0n) is 14.8. The van der Waals surface area contributed by atoms with Gasteiger partial charge in [-0.3, -0.25) is 29.2 Å². The van der Waals surface area contributed by atoms with Crippen LogP contribution in [0, 0.1) is 0 Å². The highest BCUT2D eigenvalue weighted by Crippen LogP contribution is 2.17. The van der Waals surface area contributed by atoms with E-state index < -0.39 is 0 Å². The number of hydrogen-bond acceptors (Lipinski definition) is 6. The molecule has 0 atom stereocenters. The Morgan fingerprint density at radius 2 is 2.00 bits per heavy atom. The molecule has 26 heavy (non-hydrogen) atoms. The van der Waals surface area contributed by atoms with Crippen LogP contribution in [0.25, 0.3) is 0 Å². The van der Waals surface area contributed by atoms with E-state index in [4.69, 9.17) is 17.0 Å². The lowest BCUT2D eigenvalue weighted by molar-refractivity contribution is -0.144. The topological polar surface area (TPSA) is 79.8 Å². The molecule has 0 radical (unpaired) electrons. The van der Waals surface area contributed by atoms with Crippen LogP contribution < -0.4 is 0 Å². The number of pyridine rings is 1. The van der Waals surface area contributed by atoms with Gasteiger partial charge in [-0.15, -0.1) is 0 Å². The molecule has 0 aliphatic carbocycles. The second-order valence-corrected chi connectivity index (χ2v) is 6.33. The molecule has 1 saturated heterocycles. The van der Waals surface area contributed by atoms with E-state index >= 15 is 0 Å². The Balaban J connectivity index is 1.85. The second-order valence-electron chi connectivity index (χ2n) is 5.96. The Hall–Kier alpha value is -2.35. The first-order valence-electron chi connectivity index (χ1n) is 8.72. The highest BCUT2D eigenvalue weighted by Gasteiger charge is 2.34. The zero-order chi connectivity index (χ0) is 18.9. The first kappa shape index (κ1) is 20.0. The summed E-state index contributed by atoms with van der Waals surface area (Å²) < 4.78 is 4.88. The fourth-order valence-electron chi connectivity index (χ4n) is 2.68. The summed E-state index contributed by atoms with van der Waals surface area (Å²) >= 11 is 5.37. The number of carbonyl (C=O) groups is 3. The molecule has 0 unspecified atom stereocenters. The molecule has 0 aromatic carbocycles. The number of unbranched alkanes of at least 4 members (excludes halogenated alkanes) is 2. The predicted octanol–water partition coefficient (Wildman–Crippen LogP) is 2.05. The number of rotatable bonds is 9. The summed E-state index contributed by atoms with van der Waals surface area (Å²) in [6.07, 6.45) is 5.72. The predicted molar refractivity (Wildman–Crippen MR) is 98.8 cm³/mol. The number of esters is 1. The Morgan fingerprint density at radius 3 is 2.69 bits per heavy atom. The third-order valence-electron chi connectivity index (χ3n) is 4.00. The van der Waals surface area contributed by atoms with E-state index in [-0.39, 0.29) is 29.3 Å². The van der Waals surface area contributed by atoms with Crippen LogP contribution >= 0.6 is 12.2 Å². The molecule has 0 bridgehead atoms. The number of nitrogens with zero attached hydrogens (tertiary/aromatic N) is 3. The van der Waals surface area contributed by atoms with Gasteiger partial charge in [0.05, 0.1) is 13.2 Å². The van der Waals surface area contributed by atoms with Gasteiger partial charge in [0.15, 0.2) is 5.11 Å². The van der Waals surface area contributed by atoms with Crippen molar-refractivity contribution in [2.75, 3.05) is 13.2 Å². The summed E-state index contributed by atoms with van der Waals surface area (Å²) in [5.41, 5.74) is 0.854. The zero-order valence-corrected chi connectivity index (χ0v) is 15.7. The highest BCUT2D eigenvalue weighted by atomic mass is 32.1. The Kier molecular flexibility index (Phi) is 7.65. The molecule has 140 valence electrons. The van der Waals surface area contributed by atoms with Crippen LogP contribution in [0.4, 0.5) is 0 Å². The summed E-state index contributed by atoms with van der Waals surface area (Å²) in [5.74, 6) is -0.763. The summed E-state index contributed by atoms with van der Waals surface area (Å²) in [6.45, 7) is 2.91. The van der Waals surface area contributed by atoms with Crippen LogP contribution in [0.5, 0.6) is 0 Å². The van der Waals surface area contributed by atoms with Crippen molar-refractivity contribution in [3.8, 4) is 0 Å². The maximum atomic E-state index is 12.2. The minimum absolute atomic E-state index is 0.177. The van der Waals surface area contributed by atoms with E-state index in [1.165, 1.54) is 9.80 Å². The lowest BCUT2D eigenvalue weighted by atomic mass is 10.1. The molecule has 1 aliphatic heterocycles. The van der Waals surface area contributed by atoms with Gasteiger partial charge in [-0.25, -0.2) is 0 Å². The SMILES string of the molecule is CCOC(=O)CCCCCN1C(=O)CC(=O)N(Cc2cccnc2)C1=S. The van der Waals surface area contributed by atoms with Crippen LogP contribution in [-0.2, 0) is 25.7 Å². The summed E-state index contributed by atoms with van der Waals surface area (Å²) in [7, 11) is 0. The van der Waals surface area contributed by atoms with E-state index in [2.05, 4.69) is 4.98 Å². The lowest BCUT2D eigenvalue weighted by Gasteiger charge is -2.35. The van der Waals surface area contributed by atoms with E-state index in [1.807, 2.05) is 6.07 Å². The molecule has 1 fully saturated rings. The number of ether oxygens (including phenoxy) is 1. The van der Waals surface area contributed by atoms with Gasteiger partial charge in [-0.2, -0.15) is 0 Å². The van der Waals surface area contributed by atoms with Gasteiger partial charge in [0, 0.05) is 25.4 Å². The Labute approximate surface area is 158 Å². The molecule has 0 spiro atoms. The van der Waals surface area contributed by atoms with Crippen molar-refractivity contribution in [1.29, 1.82) is 0 Å². The lowest BCUT2D eigenvalue weighted by Crippen LogP contribution is -2.54. The largest absolute Gasteiger partial charge is 0.466 e. The van der Waals surface area contributed by atoms with E-state index in [0.717, 1.165) is 12.0 Å². The first-order chi connectivity index (χ1) is 12.5. The summed E-state index contributed by atoms with van der Waals surface area (Å²) in [6, 6.07) is 3.65. The molecular formula is C18H23N3O4S. The van der Waals surface area contributed by atoms with Crippen molar-refractivity contribution in [1.82, 2.24) is 14.8 Å². The molecule has 0 saturated carbocycles. The van der Waals surface area contributed by atoms with Gasteiger partial charge < -0.3 is 4.74 Å². The third-order valence-corrected chi connectivity index (χ3v) is 4.44. The van der Waals surface area contributed by atoms with Gasteiger partial charge >= 0.3 is 5.97 Å². The minimum atomic E-state index is -0.289. The summed E-state index contributed by atoms with van der Waals surface area (Å²) in [5, 5.41) is 0.237. The molecule has 2 heterocycles. The average Bonchev–Trinajstić information content (AvgIpc) is 2.62. The van der Waals surface area contributed by atoms with Crippen molar-refractivity contribution in [3.05, 3.63) is 30.1 Å². The molecule has 2 rings (SSSR count). The van der Waals surface area contributed by atoms with Gasteiger partial charge in [0.1, 0.15) is 6.42 Å². The molecule has 7 nitrogen and oxygen atoms in total. The van der Waals surface area contributed by atoms with Crippen molar-refractivity contribution in [2.45, 2.75) is 45.6 Å². The van der Waals surface area contributed by atoms with Gasteiger partial charge in [0.25, 0.3) is 0 Å². The minimum Gasteiger partial charge on any atom is -0.466 e. The molecule has 1 aliphatic rings. The van der Waals surface area contributed by atoms with E-state index in [9.17, 15) is 14.4 Å². The first-order valence-corrected chi connectivity index (χ1v) is 9.13. The van der Waals surface area contributed by atoms with E-state index in [1.54, 1.807) is 25.4 Å². The van der Waals surface area contributed by atoms with Crippen LogP contribution in [0.2, 0.25) is 0 Å². The number of amides is 2. The fraction of sp³-hybridized carbons (Fsp3) is 0.500. The van der Waals surface area contributed by atoms with E-state index in [0.29, 0.717) is 39.0 Å². The standard InChI is InChI=1S/C18H23N3O4S/c1-2-25-17(24)8-4-3-5-10-20-15(22)11-16(23)21(18(20)26)13-14-7-6-9-19-12-14/h6-7,9,12H,2-5,8,10-11,13H2,1H3.